The smallest absolute Gasteiger partial charge is 0.246 e. The second-order valence-electron chi connectivity index (χ2n) is 9.68. The Morgan fingerprint density at radius 3 is 2.43 bits per heavy atom. The average molecular weight is 585 g/mol. The van der Waals surface area contributed by atoms with E-state index in [2.05, 4.69) is 38.4 Å². The first-order valence-corrected chi connectivity index (χ1v) is 14.7. The first-order chi connectivity index (χ1) is 17.8. The Bertz CT molecular complexity index is 1410. The van der Waals surface area contributed by atoms with E-state index in [-0.39, 0.29) is 22.3 Å². The van der Waals surface area contributed by atoms with Crippen LogP contribution in [0.1, 0.15) is 24.8 Å². The Morgan fingerprint density at radius 1 is 1.00 bits per heavy atom. The highest BCUT2D eigenvalue weighted by molar-refractivity contribution is 9.12. The van der Waals surface area contributed by atoms with E-state index in [1.807, 2.05) is 24.4 Å². The van der Waals surface area contributed by atoms with Gasteiger partial charge in [-0.2, -0.15) is 4.31 Å². The van der Waals surface area contributed by atoms with Crippen LogP contribution in [0.2, 0.25) is 0 Å². The zero-order valence-electron chi connectivity index (χ0n) is 20.3. The normalized spacial score (nSPS) is 21.2. The van der Waals surface area contributed by atoms with E-state index >= 15 is 0 Å². The highest BCUT2D eigenvalue weighted by atomic mass is 79.9. The van der Waals surface area contributed by atoms with Gasteiger partial charge in [0.1, 0.15) is 16.4 Å². The van der Waals surface area contributed by atoms with Crippen molar-refractivity contribution >= 4 is 37.7 Å². The summed E-state index contributed by atoms with van der Waals surface area (Å²) >= 11 is 3.66. The molecule has 1 fully saturated rings. The van der Waals surface area contributed by atoms with Crippen molar-refractivity contribution in [3.05, 3.63) is 82.0 Å². The van der Waals surface area contributed by atoms with Crippen molar-refractivity contribution in [1.82, 2.24) is 9.62 Å². The SMILES string of the molecule is O=S(=O)(c1ccccc1O)N1CCC(CNC2=CC(c3ccccc3O)=CC3=C(Br)C=NCC3C2)CC1. The fourth-order valence-corrected chi connectivity index (χ4v) is 7.29. The van der Waals surface area contributed by atoms with Crippen molar-refractivity contribution in [1.29, 1.82) is 0 Å². The van der Waals surface area contributed by atoms with E-state index in [1.54, 1.807) is 18.2 Å². The van der Waals surface area contributed by atoms with Gasteiger partial charge in [-0.1, -0.05) is 30.3 Å². The zero-order chi connectivity index (χ0) is 26.0. The maximum atomic E-state index is 13.0. The number of benzene rings is 2. The van der Waals surface area contributed by atoms with Crippen molar-refractivity contribution in [2.24, 2.45) is 16.8 Å². The summed E-state index contributed by atoms with van der Waals surface area (Å²) in [5, 5.41) is 24.2. The molecule has 1 saturated heterocycles. The number of piperidine rings is 1. The average Bonchev–Trinajstić information content (AvgIpc) is 3.08. The Kier molecular flexibility index (Phi) is 7.55. The number of halogens is 1. The lowest BCUT2D eigenvalue weighted by atomic mass is 9.92. The van der Waals surface area contributed by atoms with Gasteiger partial charge in [-0.3, -0.25) is 4.99 Å². The van der Waals surface area contributed by atoms with Crippen LogP contribution in [0, 0.1) is 11.8 Å². The Balaban J connectivity index is 1.28. The minimum Gasteiger partial charge on any atom is -0.507 e. The minimum atomic E-state index is -3.72. The summed E-state index contributed by atoms with van der Waals surface area (Å²) in [6, 6.07) is 13.4. The van der Waals surface area contributed by atoms with Crippen LogP contribution in [0.4, 0.5) is 0 Å². The third-order valence-corrected chi connectivity index (χ3v) is 9.85. The molecule has 3 N–H and O–H groups in total. The molecule has 194 valence electrons. The molecule has 0 spiro atoms. The third kappa shape index (κ3) is 5.54. The largest absolute Gasteiger partial charge is 0.507 e. The number of nitrogens with one attached hydrogen (secondary N) is 1. The number of phenolic OH excluding ortho intramolecular Hbond substituents is 2. The first-order valence-electron chi connectivity index (χ1n) is 12.4. The fraction of sp³-hybridized carbons (Fsp3) is 0.321. The van der Waals surface area contributed by atoms with Crippen molar-refractivity contribution in [2.75, 3.05) is 26.2 Å². The molecule has 2 aromatic rings. The number of fused-ring (bicyclic) bond motifs is 1. The molecule has 0 bridgehead atoms. The van der Waals surface area contributed by atoms with Crippen molar-refractivity contribution in [2.45, 2.75) is 24.2 Å². The highest BCUT2D eigenvalue weighted by Gasteiger charge is 2.31. The molecule has 1 aliphatic carbocycles. The number of rotatable bonds is 6. The van der Waals surface area contributed by atoms with Crippen LogP contribution in [0.25, 0.3) is 5.57 Å². The van der Waals surface area contributed by atoms with Gasteiger partial charge >= 0.3 is 0 Å². The molecule has 9 heteroatoms. The number of sulfonamides is 1. The van der Waals surface area contributed by atoms with Gasteiger partial charge in [0.15, 0.2) is 0 Å². The number of hydrogen-bond acceptors (Lipinski definition) is 6. The van der Waals surface area contributed by atoms with Crippen molar-refractivity contribution < 1.29 is 18.6 Å². The lowest BCUT2D eigenvalue weighted by Gasteiger charge is -2.32. The molecule has 2 heterocycles. The van der Waals surface area contributed by atoms with Crippen LogP contribution in [-0.2, 0) is 10.0 Å². The third-order valence-electron chi connectivity index (χ3n) is 7.24. The zero-order valence-corrected chi connectivity index (χ0v) is 22.7. The van der Waals surface area contributed by atoms with E-state index in [0.717, 1.165) is 47.1 Å². The number of hydrogen-bond donors (Lipinski definition) is 3. The molecule has 1 atom stereocenters. The van der Waals surface area contributed by atoms with Gasteiger partial charge in [-0.05, 0) is 82.6 Å². The van der Waals surface area contributed by atoms with E-state index < -0.39 is 10.0 Å². The Labute approximate surface area is 226 Å². The molecular weight excluding hydrogens is 554 g/mol. The van der Waals surface area contributed by atoms with Crippen LogP contribution in [0.5, 0.6) is 11.5 Å². The van der Waals surface area contributed by atoms with Crippen LogP contribution in [0.15, 0.2) is 86.3 Å². The predicted molar refractivity (Wildman–Crippen MR) is 149 cm³/mol. The molecule has 37 heavy (non-hydrogen) atoms. The molecule has 5 rings (SSSR count). The molecule has 2 aliphatic heterocycles. The summed E-state index contributed by atoms with van der Waals surface area (Å²) < 4.78 is 28.5. The molecule has 0 amide bonds. The topological polar surface area (TPSA) is 102 Å². The standard InChI is InChI=1S/C28H30BrN3O4S/c29-25-18-30-17-21-14-22(13-20(15-24(21)25)23-5-1-2-6-26(23)33)31-16-19-9-11-32(12-10-19)37(35,36)28-8-4-3-7-27(28)34/h1-8,13,15,18-19,21,31,33-34H,9-12,14,16-17H2. The van der Waals surface area contributed by atoms with Crippen LogP contribution in [-0.4, -0.2) is 55.3 Å². The van der Waals surface area contributed by atoms with E-state index in [9.17, 15) is 18.6 Å². The summed E-state index contributed by atoms with van der Waals surface area (Å²) in [6.45, 7) is 2.28. The molecule has 0 aromatic heterocycles. The number of aliphatic imine (C=N–C) groups is 1. The van der Waals surface area contributed by atoms with Gasteiger partial charge in [0.05, 0.1) is 0 Å². The lowest BCUT2D eigenvalue weighted by molar-refractivity contribution is 0.269. The van der Waals surface area contributed by atoms with Crippen molar-refractivity contribution in [3.8, 4) is 11.5 Å². The summed E-state index contributed by atoms with van der Waals surface area (Å²) in [6.07, 6.45) is 8.36. The number of dihydropyridines is 1. The maximum Gasteiger partial charge on any atom is 0.246 e. The molecule has 3 aliphatic rings. The van der Waals surface area contributed by atoms with Crippen LogP contribution < -0.4 is 5.32 Å². The van der Waals surface area contributed by atoms with Crippen LogP contribution >= 0.6 is 15.9 Å². The van der Waals surface area contributed by atoms with Gasteiger partial charge < -0.3 is 15.5 Å². The lowest BCUT2D eigenvalue weighted by Crippen LogP contribution is -2.40. The number of nitrogens with zero attached hydrogens (tertiary/aromatic N) is 2. The van der Waals surface area contributed by atoms with E-state index in [1.165, 1.54) is 22.0 Å². The van der Waals surface area contributed by atoms with Crippen LogP contribution in [0.3, 0.4) is 0 Å². The summed E-state index contributed by atoms with van der Waals surface area (Å²) in [5.74, 6) is 0.574. The Hall–Kier alpha value is -2.88. The monoisotopic (exact) mass is 583 g/mol. The molecule has 0 saturated carbocycles. The van der Waals surface area contributed by atoms with Gasteiger partial charge in [0, 0.05) is 54.1 Å². The summed E-state index contributed by atoms with van der Waals surface area (Å²) in [7, 11) is -3.72. The maximum absolute atomic E-state index is 13.0. The molecule has 7 nitrogen and oxygen atoms in total. The number of para-hydroxylation sites is 2. The summed E-state index contributed by atoms with van der Waals surface area (Å²) in [5.41, 5.74) is 3.97. The molecule has 1 unspecified atom stereocenters. The van der Waals surface area contributed by atoms with Gasteiger partial charge in [0.2, 0.25) is 10.0 Å². The van der Waals surface area contributed by atoms with E-state index in [0.29, 0.717) is 25.6 Å². The summed E-state index contributed by atoms with van der Waals surface area (Å²) in [4.78, 5) is 4.46. The molecule has 0 radical (unpaired) electrons. The van der Waals surface area contributed by atoms with E-state index in [4.69, 9.17) is 0 Å². The second kappa shape index (κ2) is 10.8. The first kappa shape index (κ1) is 25.8. The number of aromatic hydroxyl groups is 2. The van der Waals surface area contributed by atoms with Crippen molar-refractivity contribution in [3.63, 3.8) is 0 Å². The molecular formula is C28H30BrN3O4S. The highest BCUT2D eigenvalue weighted by Crippen LogP contribution is 2.37. The van der Waals surface area contributed by atoms with Gasteiger partial charge in [0.25, 0.3) is 0 Å². The predicted octanol–water partition coefficient (Wildman–Crippen LogP) is 4.81. The van der Waals surface area contributed by atoms with Gasteiger partial charge in [-0.25, -0.2) is 8.42 Å². The number of allylic oxidation sites excluding steroid dienone is 5. The molecule has 2 aromatic carbocycles. The number of phenols is 2. The second-order valence-corrected chi connectivity index (χ2v) is 12.4. The van der Waals surface area contributed by atoms with Gasteiger partial charge in [-0.15, -0.1) is 0 Å². The quantitative estimate of drug-likeness (QED) is 0.453. The Morgan fingerprint density at radius 2 is 1.70 bits per heavy atom. The fourth-order valence-electron chi connectivity index (χ4n) is 5.15. The minimum absolute atomic E-state index is 0.0381.